The van der Waals surface area contributed by atoms with Crippen LogP contribution in [0.2, 0.25) is 0 Å². The van der Waals surface area contributed by atoms with Gasteiger partial charge in [-0.2, -0.15) is 0 Å². The van der Waals surface area contributed by atoms with Gasteiger partial charge >= 0.3 is 25.7 Å². The Balaban J connectivity index is 4.68. The molecule has 0 radical (unpaired) electrons. The summed E-state index contributed by atoms with van der Waals surface area (Å²) in [6.07, 6.45) is 60.7. The zero-order valence-electron chi connectivity index (χ0n) is 47.8. The van der Waals surface area contributed by atoms with Gasteiger partial charge in [-0.3, -0.25) is 23.4 Å². The number of carbonyl (C=O) groups excluding carboxylic acids is 3. The van der Waals surface area contributed by atoms with Gasteiger partial charge in [-0.05, 0) is 77.0 Å². The van der Waals surface area contributed by atoms with Gasteiger partial charge in [0, 0.05) is 19.3 Å². The summed E-state index contributed by atoms with van der Waals surface area (Å²) in [5.74, 6) is -1.49. The van der Waals surface area contributed by atoms with Crippen molar-refractivity contribution in [1.29, 1.82) is 0 Å². The first kappa shape index (κ1) is 71.4. The van der Waals surface area contributed by atoms with Gasteiger partial charge < -0.3 is 24.2 Å². The molecule has 3 atom stereocenters. The summed E-state index contributed by atoms with van der Waals surface area (Å²) >= 11 is 0. The number of phosphoric ester groups is 1. The smallest absolute Gasteiger partial charge is 0.462 e. The topological polar surface area (TPSA) is 155 Å². The highest BCUT2D eigenvalue weighted by molar-refractivity contribution is 7.47. The molecule has 2 N–H and O–H groups in total. The van der Waals surface area contributed by atoms with Gasteiger partial charge in [0.2, 0.25) is 0 Å². The Morgan fingerprint density at radius 3 is 1.11 bits per heavy atom. The van der Waals surface area contributed by atoms with Gasteiger partial charge in [0.1, 0.15) is 12.7 Å². The van der Waals surface area contributed by atoms with Crippen molar-refractivity contribution in [3.05, 3.63) is 48.6 Å². The van der Waals surface area contributed by atoms with Gasteiger partial charge in [-0.1, -0.05) is 243 Å². The molecule has 0 aliphatic heterocycles. The third-order valence-corrected chi connectivity index (χ3v) is 14.2. The van der Waals surface area contributed by atoms with E-state index in [1.807, 2.05) is 0 Å². The van der Waals surface area contributed by atoms with Crippen LogP contribution in [0.4, 0.5) is 0 Å². The molecule has 0 fully saturated rings. The highest BCUT2D eigenvalue weighted by Crippen LogP contribution is 2.43. The first-order valence-corrected chi connectivity index (χ1v) is 32.0. The Morgan fingerprint density at radius 1 is 0.392 bits per heavy atom. The molecule has 0 aromatic rings. The zero-order valence-corrected chi connectivity index (χ0v) is 48.7. The molecule has 0 aliphatic rings. The molecule has 0 rings (SSSR count). The minimum Gasteiger partial charge on any atom is -0.462 e. The van der Waals surface area contributed by atoms with Crippen molar-refractivity contribution in [2.24, 2.45) is 0 Å². The Morgan fingerprint density at radius 2 is 0.703 bits per heavy atom. The van der Waals surface area contributed by atoms with Crippen LogP contribution in [-0.4, -0.2) is 66.5 Å². The molecule has 3 unspecified atom stereocenters. The second-order valence-corrected chi connectivity index (χ2v) is 21.9. The van der Waals surface area contributed by atoms with Crippen LogP contribution >= 0.6 is 7.82 Å². The molecule has 0 bridgehead atoms. The lowest BCUT2D eigenvalue weighted by atomic mass is 10.0. The van der Waals surface area contributed by atoms with Crippen molar-refractivity contribution < 1.29 is 52.2 Å². The molecule has 0 heterocycles. The number of aliphatic hydroxyl groups excluding tert-OH is 1. The van der Waals surface area contributed by atoms with E-state index < -0.39 is 57.8 Å². The monoisotopic (exact) mass is 1060 g/mol. The molecular formula is C62H113O11P. The second kappa shape index (κ2) is 56.6. The summed E-state index contributed by atoms with van der Waals surface area (Å²) in [7, 11) is -4.75. The molecule has 0 saturated heterocycles. The van der Waals surface area contributed by atoms with Crippen LogP contribution in [0.3, 0.4) is 0 Å². The minimum atomic E-state index is -4.75. The molecule has 0 spiro atoms. The summed E-state index contributed by atoms with van der Waals surface area (Å²) in [6.45, 7) is 4.53. The molecule has 0 aromatic carbocycles. The van der Waals surface area contributed by atoms with E-state index >= 15 is 0 Å². The van der Waals surface area contributed by atoms with E-state index in [1.165, 1.54) is 135 Å². The standard InChI is InChI=1S/C62H113O11P/c1-4-7-10-13-16-19-22-25-27-28-29-30-32-35-38-41-44-47-50-53-62(66)73-59(55-69-60(64)51-48-45-42-39-36-33-24-21-18-15-12-9-6-3)57-71-74(67,68)70-56-58(54-63)72-61(65)52-49-46-43-40-37-34-31-26-23-20-17-14-11-8-5-2/h9,12,18,21,26,31,33,36,58-59,63H,4-8,10-11,13-17,19-20,22-25,27-30,32,34-35,37-57H2,1-3H3,(H,67,68)/b12-9-,21-18-,31-26-,36-33-. The molecule has 11 nitrogen and oxygen atoms in total. The number of carbonyl (C=O) groups is 3. The molecule has 0 aromatic heterocycles. The van der Waals surface area contributed by atoms with Crippen molar-refractivity contribution in [3.63, 3.8) is 0 Å². The maximum atomic E-state index is 12.9. The van der Waals surface area contributed by atoms with Crippen molar-refractivity contribution in [3.8, 4) is 0 Å². The molecule has 12 heteroatoms. The quantitative estimate of drug-likeness (QED) is 0.0197. The number of aliphatic hydroxyl groups is 1. The summed E-state index contributed by atoms with van der Waals surface area (Å²) in [5.41, 5.74) is 0. The molecule has 432 valence electrons. The summed E-state index contributed by atoms with van der Waals surface area (Å²) < 4.78 is 39.6. The number of ether oxygens (including phenoxy) is 3. The SMILES string of the molecule is CC/C=C\C/C=C\C/C=C\CCCCCC(=O)OCC(COP(=O)(O)OCC(CO)OC(=O)CCCCCCC/C=C\CCCCCCCC)OC(=O)CCCCCCCCCCCCCCCCCCCCC. The Kier molecular flexibility index (Phi) is 54.7. The van der Waals surface area contributed by atoms with Gasteiger partial charge in [0.15, 0.2) is 6.10 Å². The number of unbranched alkanes of at least 4 members (excludes halogenated alkanes) is 32. The summed E-state index contributed by atoms with van der Waals surface area (Å²) in [6, 6.07) is 0. The lowest BCUT2D eigenvalue weighted by Crippen LogP contribution is -2.30. The average molecular weight is 1070 g/mol. The lowest BCUT2D eigenvalue weighted by Gasteiger charge is -2.21. The van der Waals surface area contributed by atoms with Gasteiger partial charge in [0.05, 0.1) is 19.8 Å². The third kappa shape index (κ3) is 54.2. The van der Waals surface area contributed by atoms with Crippen molar-refractivity contribution in [2.75, 3.05) is 26.4 Å². The lowest BCUT2D eigenvalue weighted by molar-refractivity contribution is -0.161. The average Bonchev–Trinajstić information content (AvgIpc) is 3.39. The van der Waals surface area contributed by atoms with E-state index in [2.05, 4.69) is 69.4 Å². The maximum Gasteiger partial charge on any atom is 0.472 e. The first-order chi connectivity index (χ1) is 36.2. The maximum absolute atomic E-state index is 12.9. The van der Waals surface area contributed by atoms with E-state index in [-0.39, 0.29) is 25.9 Å². The van der Waals surface area contributed by atoms with E-state index in [0.717, 1.165) is 96.3 Å². The van der Waals surface area contributed by atoms with E-state index in [0.29, 0.717) is 19.3 Å². The number of phosphoric acid groups is 1. The third-order valence-electron chi connectivity index (χ3n) is 13.2. The van der Waals surface area contributed by atoms with Crippen molar-refractivity contribution in [1.82, 2.24) is 0 Å². The minimum absolute atomic E-state index is 0.165. The van der Waals surface area contributed by atoms with Gasteiger partial charge in [-0.25, -0.2) is 4.57 Å². The number of hydrogen-bond donors (Lipinski definition) is 2. The highest BCUT2D eigenvalue weighted by atomic mass is 31.2. The summed E-state index contributed by atoms with van der Waals surface area (Å²) in [4.78, 5) is 48.6. The van der Waals surface area contributed by atoms with Crippen molar-refractivity contribution >= 4 is 25.7 Å². The van der Waals surface area contributed by atoms with Crippen LogP contribution in [-0.2, 0) is 42.2 Å². The summed E-state index contributed by atoms with van der Waals surface area (Å²) in [5, 5.41) is 9.82. The molecule has 0 saturated carbocycles. The fourth-order valence-electron chi connectivity index (χ4n) is 8.60. The van der Waals surface area contributed by atoms with E-state index in [9.17, 15) is 28.9 Å². The van der Waals surface area contributed by atoms with Crippen LogP contribution in [0, 0.1) is 0 Å². The zero-order chi connectivity index (χ0) is 54.1. The number of hydrogen-bond acceptors (Lipinski definition) is 10. The number of rotatable bonds is 57. The Bertz CT molecular complexity index is 1430. The fraction of sp³-hybridized carbons (Fsp3) is 0.823. The highest BCUT2D eigenvalue weighted by Gasteiger charge is 2.28. The predicted octanol–water partition coefficient (Wildman–Crippen LogP) is 18.1. The Labute approximate surface area is 453 Å². The molecule has 0 aliphatic carbocycles. The Hall–Kier alpha value is -2.56. The first-order valence-electron chi connectivity index (χ1n) is 30.5. The van der Waals surface area contributed by atoms with Gasteiger partial charge in [0.25, 0.3) is 0 Å². The van der Waals surface area contributed by atoms with E-state index in [1.54, 1.807) is 0 Å². The van der Waals surface area contributed by atoms with Crippen LogP contribution in [0.15, 0.2) is 48.6 Å². The molecule has 74 heavy (non-hydrogen) atoms. The largest absolute Gasteiger partial charge is 0.472 e. The van der Waals surface area contributed by atoms with Crippen LogP contribution in [0.1, 0.15) is 290 Å². The molecule has 0 amide bonds. The second-order valence-electron chi connectivity index (χ2n) is 20.5. The number of allylic oxidation sites excluding steroid dienone is 8. The number of esters is 3. The van der Waals surface area contributed by atoms with Crippen LogP contribution in [0.5, 0.6) is 0 Å². The van der Waals surface area contributed by atoms with E-state index in [4.69, 9.17) is 23.3 Å². The van der Waals surface area contributed by atoms with Crippen molar-refractivity contribution in [2.45, 2.75) is 303 Å². The van der Waals surface area contributed by atoms with Gasteiger partial charge in [-0.15, -0.1) is 0 Å². The normalized spacial score (nSPS) is 13.6. The fourth-order valence-corrected chi connectivity index (χ4v) is 9.39. The molecular weight excluding hydrogens is 952 g/mol. The van der Waals surface area contributed by atoms with Crippen LogP contribution in [0.25, 0.3) is 0 Å². The van der Waals surface area contributed by atoms with Crippen LogP contribution < -0.4 is 0 Å². The predicted molar refractivity (Wildman–Crippen MR) is 307 cm³/mol.